The molecule has 15 nitrogen and oxygen atoms in total. The Hall–Kier alpha value is -4.69. The van der Waals surface area contributed by atoms with Crippen LogP contribution in [0.25, 0.3) is 0 Å². The summed E-state index contributed by atoms with van der Waals surface area (Å²) in [6.45, 7) is 1.07. The van der Waals surface area contributed by atoms with Gasteiger partial charge in [0.15, 0.2) is 0 Å². The van der Waals surface area contributed by atoms with Gasteiger partial charge in [-0.05, 0) is 38.2 Å². The van der Waals surface area contributed by atoms with E-state index in [2.05, 4.69) is 26.0 Å². The van der Waals surface area contributed by atoms with Gasteiger partial charge in [0, 0.05) is 13.1 Å². The highest BCUT2D eigenvalue weighted by molar-refractivity contribution is 5.95. The first-order valence-electron chi connectivity index (χ1n) is 14.1. The SMILES string of the molecule is COC(=O)CNC(=O)[C@@H]1CCCN1C(=O)CNC(=O)[C@H](C)NC(=O)[C@@H]1CCCN1C(=O)CNC(=O)OCc1ccccc1. The molecule has 2 heterocycles. The molecule has 0 bridgehead atoms. The van der Waals surface area contributed by atoms with Gasteiger partial charge in [-0.2, -0.15) is 0 Å². The Morgan fingerprint density at radius 2 is 1.40 bits per heavy atom. The summed E-state index contributed by atoms with van der Waals surface area (Å²) in [5.74, 6) is -3.20. The van der Waals surface area contributed by atoms with Crippen molar-refractivity contribution < 1.29 is 43.0 Å². The molecule has 1 aromatic carbocycles. The van der Waals surface area contributed by atoms with Gasteiger partial charge >= 0.3 is 12.1 Å². The summed E-state index contributed by atoms with van der Waals surface area (Å²) in [4.78, 5) is 89.4. The van der Waals surface area contributed by atoms with E-state index in [0.717, 1.165) is 5.56 Å². The minimum Gasteiger partial charge on any atom is -0.468 e. The molecule has 3 rings (SSSR count). The highest BCUT2D eigenvalue weighted by atomic mass is 16.5. The number of benzene rings is 1. The molecular formula is C28H38N6O9. The Bertz CT molecular complexity index is 1190. The molecule has 2 saturated heterocycles. The van der Waals surface area contributed by atoms with Crippen LogP contribution in [-0.2, 0) is 44.8 Å². The molecule has 4 N–H and O–H groups in total. The first kappa shape index (κ1) is 32.8. The fourth-order valence-corrected chi connectivity index (χ4v) is 4.84. The number of ether oxygens (including phenoxy) is 2. The van der Waals surface area contributed by atoms with Crippen molar-refractivity contribution >= 4 is 41.6 Å². The van der Waals surface area contributed by atoms with Crippen LogP contribution in [0.5, 0.6) is 0 Å². The van der Waals surface area contributed by atoms with Crippen LogP contribution in [0.3, 0.4) is 0 Å². The zero-order chi connectivity index (χ0) is 31.4. The molecule has 2 aliphatic heterocycles. The van der Waals surface area contributed by atoms with Crippen LogP contribution in [0.15, 0.2) is 30.3 Å². The van der Waals surface area contributed by atoms with Gasteiger partial charge in [0.25, 0.3) is 0 Å². The monoisotopic (exact) mass is 602 g/mol. The minimum atomic E-state index is -1.01. The molecule has 2 aliphatic rings. The molecule has 2 fully saturated rings. The molecule has 0 spiro atoms. The van der Waals surface area contributed by atoms with Crippen LogP contribution in [0.4, 0.5) is 4.79 Å². The van der Waals surface area contributed by atoms with Gasteiger partial charge in [-0.3, -0.25) is 28.8 Å². The number of amides is 6. The molecule has 43 heavy (non-hydrogen) atoms. The van der Waals surface area contributed by atoms with Crippen molar-refractivity contribution in [1.82, 2.24) is 31.1 Å². The summed E-state index contributed by atoms with van der Waals surface area (Å²) >= 11 is 0. The molecule has 0 aromatic heterocycles. The quantitative estimate of drug-likeness (QED) is 0.213. The number of alkyl carbamates (subject to hydrolysis) is 1. The Labute approximate surface area is 249 Å². The summed E-state index contributed by atoms with van der Waals surface area (Å²) in [5.41, 5.74) is 0.794. The molecular weight excluding hydrogens is 564 g/mol. The second kappa shape index (κ2) is 16.1. The summed E-state index contributed by atoms with van der Waals surface area (Å²) in [6.07, 6.45) is 1.20. The van der Waals surface area contributed by atoms with Crippen LogP contribution in [0, 0.1) is 0 Å². The Balaban J connectivity index is 1.41. The van der Waals surface area contributed by atoms with E-state index in [1.807, 2.05) is 18.2 Å². The van der Waals surface area contributed by atoms with Crippen molar-refractivity contribution in [2.45, 2.75) is 57.3 Å². The van der Waals surface area contributed by atoms with E-state index in [-0.39, 0.29) is 26.2 Å². The molecule has 1 aromatic rings. The minimum absolute atomic E-state index is 0.0478. The lowest BCUT2D eigenvalue weighted by atomic mass is 10.2. The van der Waals surface area contributed by atoms with Gasteiger partial charge in [0.1, 0.15) is 37.8 Å². The fraction of sp³-hybridized carbons (Fsp3) is 0.536. The van der Waals surface area contributed by atoms with Gasteiger partial charge in [-0.15, -0.1) is 0 Å². The maximum absolute atomic E-state index is 12.9. The average molecular weight is 603 g/mol. The van der Waals surface area contributed by atoms with E-state index >= 15 is 0 Å². The second-order valence-electron chi connectivity index (χ2n) is 10.1. The van der Waals surface area contributed by atoms with E-state index in [9.17, 15) is 33.6 Å². The molecule has 0 unspecified atom stereocenters. The van der Waals surface area contributed by atoms with Gasteiger partial charge < -0.3 is 40.5 Å². The first-order chi connectivity index (χ1) is 20.6. The van der Waals surface area contributed by atoms with Crippen molar-refractivity contribution in [2.24, 2.45) is 0 Å². The number of hydrogen-bond donors (Lipinski definition) is 4. The van der Waals surface area contributed by atoms with Crippen LogP contribution in [0.2, 0.25) is 0 Å². The Morgan fingerprint density at radius 3 is 2.00 bits per heavy atom. The summed E-state index contributed by atoms with van der Waals surface area (Å²) < 4.78 is 9.59. The molecule has 0 aliphatic carbocycles. The van der Waals surface area contributed by atoms with E-state index in [1.54, 1.807) is 12.1 Å². The number of likely N-dealkylation sites (tertiary alicyclic amines) is 2. The standard InChI is InChI=1S/C28H38N6O9/c1-18(25(38)29-14-22(35)33-12-6-10-20(33)26(39)30-16-24(37)42-2)32-27(40)21-11-7-13-34(21)23(36)15-31-28(41)43-17-19-8-4-3-5-9-19/h3-5,8-9,18,20-21H,6-7,10-17H2,1-2H3,(H,29,38)(H,30,39)(H,31,41)(H,32,40)/t18-,20-,21-/m0/s1. The van der Waals surface area contributed by atoms with E-state index in [4.69, 9.17) is 4.74 Å². The third-order valence-electron chi connectivity index (χ3n) is 7.15. The molecule has 0 saturated carbocycles. The van der Waals surface area contributed by atoms with Crippen molar-refractivity contribution in [2.75, 3.05) is 39.8 Å². The number of nitrogens with one attached hydrogen (secondary N) is 4. The largest absolute Gasteiger partial charge is 0.468 e. The van der Waals surface area contributed by atoms with Crippen molar-refractivity contribution in [3.63, 3.8) is 0 Å². The molecule has 0 radical (unpaired) electrons. The smallest absolute Gasteiger partial charge is 0.407 e. The van der Waals surface area contributed by atoms with E-state index in [1.165, 1.54) is 23.8 Å². The van der Waals surface area contributed by atoms with Gasteiger partial charge in [0.05, 0.1) is 13.7 Å². The van der Waals surface area contributed by atoms with Crippen molar-refractivity contribution in [3.8, 4) is 0 Å². The number of rotatable bonds is 12. The van der Waals surface area contributed by atoms with Crippen LogP contribution < -0.4 is 21.3 Å². The first-order valence-corrected chi connectivity index (χ1v) is 14.1. The number of esters is 1. The summed E-state index contributed by atoms with van der Waals surface area (Å²) in [5, 5.41) is 9.87. The Morgan fingerprint density at radius 1 is 0.814 bits per heavy atom. The fourth-order valence-electron chi connectivity index (χ4n) is 4.84. The zero-order valence-electron chi connectivity index (χ0n) is 24.3. The maximum atomic E-state index is 12.9. The molecule has 234 valence electrons. The number of carbonyl (C=O) groups is 7. The number of methoxy groups -OCH3 is 1. The topological polar surface area (TPSA) is 193 Å². The third kappa shape index (κ3) is 9.68. The number of carbonyl (C=O) groups excluding carboxylic acids is 7. The van der Waals surface area contributed by atoms with Crippen LogP contribution in [0.1, 0.15) is 38.2 Å². The lowest BCUT2D eigenvalue weighted by molar-refractivity contribution is -0.143. The summed E-state index contributed by atoms with van der Waals surface area (Å²) in [7, 11) is 1.20. The lowest BCUT2D eigenvalue weighted by Crippen LogP contribution is -2.54. The number of nitrogens with zero attached hydrogens (tertiary/aromatic N) is 2. The maximum Gasteiger partial charge on any atom is 0.407 e. The van der Waals surface area contributed by atoms with Gasteiger partial charge in [-0.25, -0.2) is 4.79 Å². The molecule has 3 atom stereocenters. The van der Waals surface area contributed by atoms with E-state index in [0.29, 0.717) is 38.8 Å². The van der Waals surface area contributed by atoms with E-state index < -0.39 is 59.7 Å². The van der Waals surface area contributed by atoms with Crippen molar-refractivity contribution in [3.05, 3.63) is 35.9 Å². The lowest BCUT2D eigenvalue weighted by Gasteiger charge is -2.26. The number of hydrogen-bond acceptors (Lipinski definition) is 9. The van der Waals surface area contributed by atoms with Crippen molar-refractivity contribution in [1.29, 1.82) is 0 Å². The predicted molar refractivity (Wildman–Crippen MR) is 150 cm³/mol. The molecule has 15 heteroatoms. The highest BCUT2D eigenvalue weighted by Crippen LogP contribution is 2.18. The Kier molecular flexibility index (Phi) is 12.3. The van der Waals surface area contributed by atoms with Gasteiger partial charge in [0.2, 0.25) is 29.5 Å². The second-order valence-corrected chi connectivity index (χ2v) is 10.1. The zero-order valence-corrected chi connectivity index (χ0v) is 24.3. The van der Waals surface area contributed by atoms with Gasteiger partial charge in [-0.1, -0.05) is 30.3 Å². The summed E-state index contributed by atoms with van der Waals surface area (Å²) in [6, 6.07) is 6.46. The molecule has 6 amide bonds. The van der Waals surface area contributed by atoms with Crippen LogP contribution in [-0.4, -0.2) is 109 Å². The third-order valence-corrected chi connectivity index (χ3v) is 7.15. The average Bonchev–Trinajstić information content (AvgIpc) is 3.71. The predicted octanol–water partition coefficient (Wildman–Crippen LogP) is -1.20. The highest BCUT2D eigenvalue weighted by Gasteiger charge is 2.36. The normalized spacial score (nSPS) is 18.3. The van der Waals surface area contributed by atoms with Crippen LogP contribution >= 0.6 is 0 Å².